The predicted octanol–water partition coefficient (Wildman–Crippen LogP) is 4.84. The monoisotopic (exact) mass is 442 g/mol. The average Bonchev–Trinajstić information content (AvgIpc) is 2.91. The molecule has 2 amide bonds. The normalized spacial score (nSPS) is 14.0. The van der Waals surface area contributed by atoms with Crippen molar-refractivity contribution in [3.05, 3.63) is 64.3 Å². The van der Waals surface area contributed by atoms with Gasteiger partial charge in [0, 0.05) is 16.7 Å². The molecule has 0 unspecified atom stereocenters. The van der Waals surface area contributed by atoms with Gasteiger partial charge in [-0.15, -0.1) is 0 Å². The molecule has 1 aliphatic heterocycles. The topological polar surface area (TPSA) is 58.6 Å². The summed E-state index contributed by atoms with van der Waals surface area (Å²) in [4.78, 5) is 27.2. The largest absolute Gasteiger partial charge is 0.494 e. The fraction of sp³-hybridized carbons (Fsp3) is 0.273. The van der Waals surface area contributed by atoms with Crippen LogP contribution in [0.3, 0.4) is 0 Å². The molecule has 1 N–H and O–H groups in total. The molecule has 0 saturated heterocycles. The number of amides is 2. The number of rotatable bonds is 8. The number of benzene rings is 2. The number of carbonyl (C=O) groups is 2. The molecule has 28 heavy (non-hydrogen) atoms. The standard InChI is InChI=1S/C22H23BrN2O3/c1-3-12-25-21(26)19(15-8-10-18(11-9-15)28-13-4-2)20(22(25)27)24-17-7-5-6-16(23)14-17/h5-11,14,24H,3-4,12-13H2,1-2H3. The SMILES string of the molecule is CCCOc1ccc(C2=C(Nc3cccc(Br)c3)C(=O)N(CCC)C2=O)cc1. The molecule has 0 aromatic heterocycles. The van der Waals surface area contributed by atoms with Gasteiger partial charge in [0.1, 0.15) is 11.4 Å². The highest BCUT2D eigenvalue weighted by Gasteiger charge is 2.38. The molecule has 0 spiro atoms. The fourth-order valence-electron chi connectivity index (χ4n) is 3.03. The summed E-state index contributed by atoms with van der Waals surface area (Å²) in [6.07, 6.45) is 1.63. The van der Waals surface area contributed by atoms with E-state index in [2.05, 4.69) is 21.2 Å². The van der Waals surface area contributed by atoms with Crippen molar-refractivity contribution in [1.29, 1.82) is 0 Å². The van der Waals surface area contributed by atoms with E-state index < -0.39 is 0 Å². The summed E-state index contributed by atoms with van der Waals surface area (Å²) in [7, 11) is 0. The molecule has 146 valence electrons. The van der Waals surface area contributed by atoms with Crippen molar-refractivity contribution in [1.82, 2.24) is 4.90 Å². The molecule has 0 atom stereocenters. The average molecular weight is 443 g/mol. The number of ether oxygens (including phenoxy) is 1. The maximum atomic E-state index is 13.0. The van der Waals surface area contributed by atoms with Gasteiger partial charge in [-0.25, -0.2) is 0 Å². The van der Waals surface area contributed by atoms with Gasteiger partial charge in [-0.3, -0.25) is 14.5 Å². The Morgan fingerprint density at radius 3 is 2.39 bits per heavy atom. The first-order valence-corrected chi connectivity index (χ1v) is 10.2. The summed E-state index contributed by atoms with van der Waals surface area (Å²) in [5, 5.41) is 3.15. The van der Waals surface area contributed by atoms with Gasteiger partial charge >= 0.3 is 0 Å². The minimum absolute atomic E-state index is 0.272. The van der Waals surface area contributed by atoms with Crippen LogP contribution in [0, 0.1) is 0 Å². The second kappa shape index (κ2) is 9.06. The summed E-state index contributed by atoms with van der Waals surface area (Å²) in [6.45, 7) is 5.02. The molecular formula is C22H23BrN2O3. The van der Waals surface area contributed by atoms with Crippen LogP contribution in [0.15, 0.2) is 58.7 Å². The molecule has 0 fully saturated rings. The summed E-state index contributed by atoms with van der Waals surface area (Å²) < 4.78 is 6.51. The zero-order chi connectivity index (χ0) is 20.1. The molecule has 1 heterocycles. The Labute approximate surface area is 173 Å². The van der Waals surface area contributed by atoms with E-state index >= 15 is 0 Å². The first kappa shape index (κ1) is 20.1. The van der Waals surface area contributed by atoms with Crippen molar-refractivity contribution in [3.8, 4) is 5.75 Å². The lowest BCUT2D eigenvalue weighted by Crippen LogP contribution is -2.33. The lowest BCUT2D eigenvalue weighted by atomic mass is 10.0. The van der Waals surface area contributed by atoms with Crippen molar-refractivity contribution in [2.24, 2.45) is 0 Å². The molecule has 6 heteroatoms. The number of imide groups is 1. The zero-order valence-corrected chi connectivity index (χ0v) is 17.6. The maximum Gasteiger partial charge on any atom is 0.278 e. The molecule has 0 radical (unpaired) electrons. The molecule has 1 aliphatic rings. The smallest absolute Gasteiger partial charge is 0.278 e. The van der Waals surface area contributed by atoms with E-state index in [4.69, 9.17) is 4.74 Å². The van der Waals surface area contributed by atoms with Crippen LogP contribution in [0.2, 0.25) is 0 Å². The van der Waals surface area contributed by atoms with Crippen LogP contribution in [0.1, 0.15) is 32.3 Å². The Kier molecular flexibility index (Phi) is 6.52. The van der Waals surface area contributed by atoms with Gasteiger partial charge in [0.2, 0.25) is 0 Å². The van der Waals surface area contributed by atoms with Crippen LogP contribution in [0.25, 0.3) is 5.57 Å². The number of hydrogen-bond donors (Lipinski definition) is 1. The summed E-state index contributed by atoms with van der Waals surface area (Å²) in [6, 6.07) is 14.8. The van der Waals surface area contributed by atoms with E-state index in [-0.39, 0.29) is 11.8 Å². The summed E-state index contributed by atoms with van der Waals surface area (Å²) in [5.74, 6) is 0.176. The third-order valence-electron chi connectivity index (χ3n) is 4.33. The first-order chi connectivity index (χ1) is 13.5. The molecule has 3 rings (SSSR count). The summed E-state index contributed by atoms with van der Waals surface area (Å²) in [5.41, 5.74) is 2.13. The Morgan fingerprint density at radius 2 is 1.75 bits per heavy atom. The highest BCUT2D eigenvalue weighted by Crippen LogP contribution is 2.32. The molecule has 0 aliphatic carbocycles. The minimum atomic E-state index is -0.298. The predicted molar refractivity (Wildman–Crippen MR) is 114 cm³/mol. The molecule has 2 aromatic carbocycles. The van der Waals surface area contributed by atoms with Gasteiger partial charge in [0.25, 0.3) is 11.8 Å². The maximum absolute atomic E-state index is 13.0. The first-order valence-electron chi connectivity index (χ1n) is 9.41. The third kappa shape index (κ3) is 4.28. The quantitative estimate of drug-likeness (QED) is 0.594. The van der Waals surface area contributed by atoms with Crippen LogP contribution in [-0.2, 0) is 9.59 Å². The molecule has 2 aromatic rings. The van der Waals surface area contributed by atoms with Gasteiger partial charge in [-0.2, -0.15) is 0 Å². The van der Waals surface area contributed by atoms with E-state index in [9.17, 15) is 9.59 Å². The van der Waals surface area contributed by atoms with Crippen LogP contribution in [0.5, 0.6) is 5.75 Å². The van der Waals surface area contributed by atoms with Gasteiger partial charge in [0.15, 0.2) is 0 Å². The molecular weight excluding hydrogens is 420 g/mol. The van der Waals surface area contributed by atoms with E-state index in [1.807, 2.05) is 62.4 Å². The van der Waals surface area contributed by atoms with Crippen molar-refractivity contribution >= 4 is 39.0 Å². The van der Waals surface area contributed by atoms with E-state index in [0.717, 1.165) is 22.3 Å². The van der Waals surface area contributed by atoms with E-state index in [1.54, 1.807) is 0 Å². The molecule has 0 bridgehead atoms. The van der Waals surface area contributed by atoms with Crippen LogP contribution < -0.4 is 10.1 Å². The molecule has 0 saturated carbocycles. The minimum Gasteiger partial charge on any atom is -0.494 e. The van der Waals surface area contributed by atoms with Crippen LogP contribution in [-0.4, -0.2) is 29.9 Å². The van der Waals surface area contributed by atoms with Crippen molar-refractivity contribution in [3.63, 3.8) is 0 Å². The second-order valence-electron chi connectivity index (χ2n) is 6.52. The number of nitrogens with zero attached hydrogens (tertiary/aromatic N) is 1. The lowest BCUT2D eigenvalue weighted by Gasteiger charge is -2.13. The van der Waals surface area contributed by atoms with Gasteiger partial charge < -0.3 is 10.1 Å². The Balaban J connectivity index is 1.99. The number of anilines is 1. The number of carbonyl (C=O) groups excluding carboxylic acids is 2. The second-order valence-corrected chi connectivity index (χ2v) is 7.44. The Hall–Kier alpha value is -2.60. The number of halogens is 1. The highest BCUT2D eigenvalue weighted by molar-refractivity contribution is 9.10. The van der Waals surface area contributed by atoms with Crippen LogP contribution in [0.4, 0.5) is 5.69 Å². The number of nitrogens with one attached hydrogen (secondary N) is 1. The van der Waals surface area contributed by atoms with E-state index in [1.165, 1.54) is 4.90 Å². The Morgan fingerprint density at radius 1 is 1.00 bits per heavy atom. The zero-order valence-electron chi connectivity index (χ0n) is 16.0. The Bertz CT molecular complexity index is 906. The van der Waals surface area contributed by atoms with Crippen molar-refractivity contribution in [2.75, 3.05) is 18.5 Å². The van der Waals surface area contributed by atoms with Crippen molar-refractivity contribution in [2.45, 2.75) is 26.7 Å². The highest BCUT2D eigenvalue weighted by atomic mass is 79.9. The van der Waals surface area contributed by atoms with Crippen molar-refractivity contribution < 1.29 is 14.3 Å². The lowest BCUT2D eigenvalue weighted by molar-refractivity contribution is -0.136. The van der Waals surface area contributed by atoms with Gasteiger partial charge in [0.05, 0.1) is 12.2 Å². The van der Waals surface area contributed by atoms with E-state index in [0.29, 0.717) is 36.4 Å². The fourth-order valence-corrected chi connectivity index (χ4v) is 3.43. The summed E-state index contributed by atoms with van der Waals surface area (Å²) >= 11 is 3.43. The number of hydrogen-bond acceptors (Lipinski definition) is 4. The van der Waals surface area contributed by atoms with Crippen LogP contribution >= 0.6 is 15.9 Å². The van der Waals surface area contributed by atoms with Gasteiger partial charge in [-0.05, 0) is 48.7 Å². The van der Waals surface area contributed by atoms with Gasteiger partial charge in [-0.1, -0.05) is 48.0 Å². The third-order valence-corrected chi connectivity index (χ3v) is 4.82. The molecule has 5 nitrogen and oxygen atoms in total.